The minimum absolute atomic E-state index is 0.127. The van der Waals surface area contributed by atoms with E-state index in [9.17, 15) is 9.59 Å². The Hall–Kier alpha value is -3.31. The van der Waals surface area contributed by atoms with Gasteiger partial charge in [-0.2, -0.15) is 0 Å². The molecule has 2 amide bonds. The van der Waals surface area contributed by atoms with Crippen LogP contribution in [-0.4, -0.2) is 35.4 Å². The van der Waals surface area contributed by atoms with E-state index in [2.05, 4.69) is 11.4 Å². The first kappa shape index (κ1) is 26.7. The van der Waals surface area contributed by atoms with Crippen molar-refractivity contribution >= 4 is 23.4 Å². The number of nitrogens with zero attached hydrogens (tertiary/aromatic N) is 1. The molecular weight excluding hydrogens is 484 g/mol. The van der Waals surface area contributed by atoms with Crippen LogP contribution in [0.2, 0.25) is 5.02 Å². The minimum Gasteiger partial charge on any atom is -0.484 e. The molecule has 194 valence electrons. The van der Waals surface area contributed by atoms with Gasteiger partial charge in [-0.15, -0.1) is 0 Å². The Bertz CT molecular complexity index is 1190. The second-order valence-corrected chi connectivity index (χ2v) is 10.4. The standard InChI is InChI=1S/C31H35ClN2O3/c1-22-15-23(2)17-28(16-22)37-21-30(35)34(20-25-11-8-12-26(32)18-25)29(19-24-9-4-3-5-10-24)31(36)33-27-13-6-7-14-27/h3-5,8-12,15-18,27,29H,6-7,13-14,19-21H2,1-2H3,(H,33,36)/t29-/m1/s1. The number of carbonyl (C=O) groups is 2. The summed E-state index contributed by atoms with van der Waals surface area (Å²) in [5, 5.41) is 3.81. The molecule has 0 spiro atoms. The van der Waals surface area contributed by atoms with E-state index in [0.717, 1.165) is 47.9 Å². The summed E-state index contributed by atoms with van der Waals surface area (Å²) in [4.78, 5) is 29.1. The van der Waals surface area contributed by atoms with E-state index < -0.39 is 6.04 Å². The second-order valence-electron chi connectivity index (χ2n) is 9.96. The maximum Gasteiger partial charge on any atom is 0.261 e. The summed E-state index contributed by atoms with van der Waals surface area (Å²) in [6.45, 7) is 4.09. The fourth-order valence-electron chi connectivity index (χ4n) is 5.00. The first-order chi connectivity index (χ1) is 17.9. The topological polar surface area (TPSA) is 58.6 Å². The van der Waals surface area contributed by atoms with Gasteiger partial charge in [0.05, 0.1) is 0 Å². The van der Waals surface area contributed by atoms with Crippen LogP contribution in [0.4, 0.5) is 0 Å². The molecule has 3 aromatic rings. The number of amides is 2. The molecule has 5 nitrogen and oxygen atoms in total. The Kier molecular flexibility index (Phi) is 9.24. The van der Waals surface area contributed by atoms with Crippen molar-refractivity contribution in [2.45, 2.75) is 64.6 Å². The van der Waals surface area contributed by atoms with Crippen molar-refractivity contribution in [1.82, 2.24) is 10.2 Å². The molecule has 1 saturated carbocycles. The van der Waals surface area contributed by atoms with Crippen molar-refractivity contribution in [2.75, 3.05) is 6.61 Å². The second kappa shape index (κ2) is 12.8. The average Bonchev–Trinajstić information content (AvgIpc) is 3.38. The molecule has 0 aromatic heterocycles. The average molecular weight is 519 g/mol. The van der Waals surface area contributed by atoms with Crippen molar-refractivity contribution in [1.29, 1.82) is 0 Å². The minimum atomic E-state index is -0.683. The van der Waals surface area contributed by atoms with E-state index in [4.69, 9.17) is 16.3 Å². The SMILES string of the molecule is Cc1cc(C)cc(OCC(=O)N(Cc2cccc(Cl)c2)[C@H](Cc2ccccc2)C(=O)NC2CCCC2)c1. The van der Waals surface area contributed by atoms with Crippen LogP contribution in [0.15, 0.2) is 72.8 Å². The van der Waals surface area contributed by atoms with Crippen molar-refractivity contribution in [2.24, 2.45) is 0 Å². The molecule has 37 heavy (non-hydrogen) atoms. The van der Waals surface area contributed by atoms with Gasteiger partial charge in [-0.05, 0) is 73.2 Å². The molecule has 4 rings (SSSR count). The third-order valence-corrected chi connectivity index (χ3v) is 7.01. The number of hydrogen-bond acceptors (Lipinski definition) is 3. The molecule has 6 heteroatoms. The molecule has 1 N–H and O–H groups in total. The summed E-state index contributed by atoms with van der Waals surface area (Å²) >= 11 is 6.26. The van der Waals surface area contributed by atoms with Gasteiger partial charge in [-0.3, -0.25) is 9.59 Å². The van der Waals surface area contributed by atoms with Crippen LogP contribution in [0.5, 0.6) is 5.75 Å². The van der Waals surface area contributed by atoms with Gasteiger partial charge in [-0.1, -0.05) is 73.0 Å². The van der Waals surface area contributed by atoms with Crippen LogP contribution in [0.25, 0.3) is 0 Å². The van der Waals surface area contributed by atoms with E-state index in [0.29, 0.717) is 17.2 Å². The third kappa shape index (κ3) is 7.83. The lowest BCUT2D eigenvalue weighted by Gasteiger charge is -2.32. The fourth-order valence-corrected chi connectivity index (χ4v) is 5.21. The molecule has 0 heterocycles. The van der Waals surface area contributed by atoms with E-state index >= 15 is 0 Å². The predicted octanol–water partition coefficient (Wildman–Crippen LogP) is 6.03. The van der Waals surface area contributed by atoms with Crippen molar-refractivity contribution in [3.8, 4) is 5.75 Å². The van der Waals surface area contributed by atoms with E-state index in [1.165, 1.54) is 0 Å². The van der Waals surface area contributed by atoms with Crippen LogP contribution in [0.1, 0.15) is 47.9 Å². The van der Waals surface area contributed by atoms with Crippen molar-refractivity contribution < 1.29 is 14.3 Å². The summed E-state index contributed by atoms with van der Waals surface area (Å²) in [5.41, 5.74) is 3.99. The highest BCUT2D eigenvalue weighted by Gasteiger charge is 2.32. The van der Waals surface area contributed by atoms with Crippen LogP contribution in [-0.2, 0) is 22.6 Å². The maximum atomic E-state index is 13.7. The molecule has 1 atom stereocenters. The van der Waals surface area contributed by atoms with E-state index in [-0.39, 0.29) is 31.0 Å². The van der Waals surface area contributed by atoms with Gasteiger partial charge in [0.1, 0.15) is 11.8 Å². The third-order valence-electron chi connectivity index (χ3n) is 6.77. The Morgan fingerprint density at radius 2 is 1.62 bits per heavy atom. The summed E-state index contributed by atoms with van der Waals surface area (Å²) in [6.07, 6.45) is 4.59. The molecule has 1 aliphatic carbocycles. The Morgan fingerprint density at radius 3 is 2.30 bits per heavy atom. The maximum absolute atomic E-state index is 13.7. The molecule has 0 saturated heterocycles. The first-order valence-corrected chi connectivity index (χ1v) is 13.3. The molecule has 0 aliphatic heterocycles. The van der Waals surface area contributed by atoms with Gasteiger partial charge in [0.15, 0.2) is 6.61 Å². The monoisotopic (exact) mass is 518 g/mol. The zero-order valence-electron chi connectivity index (χ0n) is 21.6. The quantitative estimate of drug-likeness (QED) is 0.356. The van der Waals surface area contributed by atoms with Crippen LogP contribution in [0.3, 0.4) is 0 Å². The number of rotatable bonds is 10. The summed E-state index contributed by atoms with van der Waals surface area (Å²) in [5.74, 6) is 0.266. The zero-order chi connectivity index (χ0) is 26.2. The van der Waals surface area contributed by atoms with E-state index in [1.54, 1.807) is 11.0 Å². The van der Waals surface area contributed by atoms with E-state index in [1.807, 2.05) is 74.5 Å². The number of ether oxygens (including phenoxy) is 1. The van der Waals surface area contributed by atoms with Crippen molar-refractivity contribution in [3.63, 3.8) is 0 Å². The summed E-state index contributed by atoms with van der Waals surface area (Å²) in [7, 11) is 0. The van der Waals surface area contributed by atoms with Crippen LogP contribution >= 0.6 is 11.6 Å². The molecule has 1 fully saturated rings. The number of benzene rings is 3. The summed E-state index contributed by atoms with van der Waals surface area (Å²) in [6, 6.07) is 22.6. The lowest BCUT2D eigenvalue weighted by Crippen LogP contribution is -2.53. The summed E-state index contributed by atoms with van der Waals surface area (Å²) < 4.78 is 5.94. The number of nitrogens with one attached hydrogen (secondary N) is 1. The zero-order valence-corrected chi connectivity index (χ0v) is 22.3. The Labute approximate surface area is 224 Å². The highest BCUT2D eigenvalue weighted by molar-refractivity contribution is 6.30. The molecule has 1 aliphatic rings. The van der Waals surface area contributed by atoms with Crippen molar-refractivity contribution in [3.05, 3.63) is 100 Å². The Morgan fingerprint density at radius 1 is 0.946 bits per heavy atom. The van der Waals surface area contributed by atoms with Gasteiger partial charge in [-0.25, -0.2) is 0 Å². The molecule has 3 aromatic carbocycles. The molecular formula is C31H35ClN2O3. The fraction of sp³-hybridized carbons (Fsp3) is 0.355. The molecule has 0 bridgehead atoms. The smallest absolute Gasteiger partial charge is 0.261 e. The number of carbonyl (C=O) groups excluding carboxylic acids is 2. The van der Waals surface area contributed by atoms with Crippen LogP contribution < -0.4 is 10.1 Å². The molecule has 0 unspecified atom stereocenters. The van der Waals surface area contributed by atoms with Gasteiger partial charge in [0.2, 0.25) is 5.91 Å². The van der Waals surface area contributed by atoms with Gasteiger partial charge in [0, 0.05) is 24.0 Å². The lowest BCUT2D eigenvalue weighted by molar-refractivity contribution is -0.143. The predicted molar refractivity (Wildman–Crippen MR) is 148 cm³/mol. The largest absolute Gasteiger partial charge is 0.484 e. The number of hydrogen-bond donors (Lipinski definition) is 1. The number of halogens is 1. The first-order valence-electron chi connectivity index (χ1n) is 13.0. The normalized spacial score (nSPS) is 14.2. The highest BCUT2D eigenvalue weighted by atomic mass is 35.5. The Balaban J connectivity index is 1.62. The van der Waals surface area contributed by atoms with Gasteiger partial charge >= 0.3 is 0 Å². The lowest BCUT2D eigenvalue weighted by atomic mass is 10.0. The van der Waals surface area contributed by atoms with Gasteiger partial charge in [0.25, 0.3) is 5.91 Å². The number of aryl methyl sites for hydroxylation is 2. The highest BCUT2D eigenvalue weighted by Crippen LogP contribution is 2.22. The van der Waals surface area contributed by atoms with Crippen LogP contribution in [0, 0.1) is 13.8 Å². The molecule has 0 radical (unpaired) electrons. The van der Waals surface area contributed by atoms with Gasteiger partial charge < -0.3 is 15.0 Å².